The Morgan fingerprint density at radius 2 is 2.26 bits per heavy atom. The van der Waals surface area contributed by atoms with Crippen molar-refractivity contribution in [2.45, 2.75) is 31.6 Å². The van der Waals surface area contributed by atoms with Crippen molar-refractivity contribution in [1.29, 1.82) is 5.26 Å². The minimum atomic E-state index is -0.117. The maximum atomic E-state index is 9.52. The number of hydrogen-bond donors (Lipinski definition) is 3. The minimum absolute atomic E-state index is 0.117. The highest BCUT2D eigenvalue weighted by Crippen LogP contribution is 2.47. The summed E-state index contributed by atoms with van der Waals surface area (Å²) in [6.07, 6.45) is 2.66. The van der Waals surface area contributed by atoms with Crippen molar-refractivity contribution in [2.24, 2.45) is 0 Å². The van der Waals surface area contributed by atoms with Gasteiger partial charge in [0.25, 0.3) is 0 Å². The number of aliphatic hydroxyl groups is 1. The van der Waals surface area contributed by atoms with E-state index in [1.54, 1.807) is 18.3 Å². The van der Waals surface area contributed by atoms with E-state index in [9.17, 15) is 10.4 Å². The fourth-order valence-electron chi connectivity index (χ4n) is 2.99. The van der Waals surface area contributed by atoms with Gasteiger partial charge in [-0.1, -0.05) is 11.6 Å². The summed E-state index contributed by atoms with van der Waals surface area (Å²) in [5.41, 5.74) is 8.19. The van der Waals surface area contributed by atoms with Gasteiger partial charge in [0.2, 0.25) is 0 Å². The second-order valence-electron chi connectivity index (χ2n) is 6.71. The summed E-state index contributed by atoms with van der Waals surface area (Å²) in [6, 6.07) is 2.08. The van der Waals surface area contributed by atoms with Gasteiger partial charge >= 0.3 is 0 Å². The minimum Gasteiger partial charge on any atom is -0.395 e. The number of halogens is 1. The van der Waals surface area contributed by atoms with Crippen LogP contribution in [0.15, 0.2) is 5.38 Å². The number of aryl methyl sites for hydroxylation is 1. The van der Waals surface area contributed by atoms with Crippen LogP contribution < -0.4 is 11.1 Å². The number of nitrogens with one attached hydrogen (secondary N) is 1. The topological polar surface area (TPSA) is 125 Å². The zero-order valence-electron chi connectivity index (χ0n) is 14.7. The highest BCUT2D eigenvalue weighted by Gasteiger charge is 2.45. The number of nitriles is 1. The molecule has 3 aromatic rings. The van der Waals surface area contributed by atoms with E-state index in [0.29, 0.717) is 35.1 Å². The molecule has 3 aromatic heterocycles. The van der Waals surface area contributed by atoms with Crippen molar-refractivity contribution in [3.63, 3.8) is 0 Å². The van der Waals surface area contributed by atoms with Crippen LogP contribution in [0, 0.1) is 18.3 Å². The first-order chi connectivity index (χ1) is 13.0. The van der Waals surface area contributed by atoms with Crippen molar-refractivity contribution in [3.05, 3.63) is 32.4 Å². The number of anilines is 2. The van der Waals surface area contributed by atoms with Crippen LogP contribution >= 0.6 is 22.9 Å². The van der Waals surface area contributed by atoms with Crippen molar-refractivity contribution >= 4 is 40.2 Å². The molecule has 3 heterocycles. The van der Waals surface area contributed by atoms with E-state index in [1.807, 2.05) is 5.38 Å². The van der Waals surface area contributed by atoms with Gasteiger partial charge in [-0.2, -0.15) is 14.9 Å². The van der Waals surface area contributed by atoms with Crippen LogP contribution in [0.5, 0.6) is 0 Å². The number of aliphatic hydroxyl groups excluding tert-OH is 1. The molecule has 0 saturated heterocycles. The van der Waals surface area contributed by atoms with Gasteiger partial charge in [0.15, 0.2) is 5.65 Å². The molecule has 1 fully saturated rings. The van der Waals surface area contributed by atoms with E-state index in [2.05, 4.69) is 26.5 Å². The molecule has 1 saturated carbocycles. The molecule has 0 atom stereocenters. The molecule has 0 spiro atoms. The molecule has 0 aromatic carbocycles. The summed E-state index contributed by atoms with van der Waals surface area (Å²) in [5.74, 6) is 0.588. The summed E-state index contributed by atoms with van der Waals surface area (Å²) in [7, 11) is 0. The van der Waals surface area contributed by atoms with E-state index in [-0.39, 0.29) is 23.4 Å². The number of thiazole rings is 1. The van der Waals surface area contributed by atoms with E-state index in [4.69, 9.17) is 17.3 Å². The van der Waals surface area contributed by atoms with Crippen molar-refractivity contribution in [1.82, 2.24) is 19.6 Å². The molecule has 0 aliphatic heterocycles. The Kier molecular flexibility index (Phi) is 4.42. The Balaban J connectivity index is 1.52. The Labute approximate surface area is 164 Å². The van der Waals surface area contributed by atoms with Crippen molar-refractivity contribution in [2.75, 3.05) is 24.2 Å². The Morgan fingerprint density at radius 1 is 1.48 bits per heavy atom. The standard InChI is InChI=1S/C17H18ClN7OS/c1-9-13(18)16-23-15(10(6-19)14(20)25(16)24-9)21-5-2-12-22-11(7-27-12)17(8-26)3-4-17/h7,26H,2-5,8,20H2,1H3,(H,21,23). The molecule has 0 radical (unpaired) electrons. The summed E-state index contributed by atoms with van der Waals surface area (Å²) < 4.78 is 1.39. The van der Waals surface area contributed by atoms with Crippen LogP contribution in [0.4, 0.5) is 11.6 Å². The second-order valence-corrected chi connectivity index (χ2v) is 8.03. The predicted octanol–water partition coefficient (Wildman–Crippen LogP) is 2.28. The van der Waals surface area contributed by atoms with Gasteiger partial charge in [-0.05, 0) is 19.8 Å². The first-order valence-corrected chi connectivity index (χ1v) is 9.79. The van der Waals surface area contributed by atoms with Crippen molar-refractivity contribution in [3.8, 4) is 6.07 Å². The number of nitrogen functional groups attached to an aromatic ring is 1. The first kappa shape index (κ1) is 18.0. The Bertz CT molecular complexity index is 1060. The maximum absolute atomic E-state index is 9.52. The molecule has 1 aliphatic rings. The smallest absolute Gasteiger partial charge is 0.178 e. The van der Waals surface area contributed by atoms with Crippen LogP contribution in [-0.2, 0) is 11.8 Å². The van der Waals surface area contributed by atoms with Crippen LogP contribution in [0.2, 0.25) is 5.02 Å². The molecule has 4 rings (SSSR count). The predicted molar refractivity (Wildman–Crippen MR) is 104 cm³/mol. The summed E-state index contributed by atoms with van der Waals surface area (Å²) >= 11 is 7.82. The highest BCUT2D eigenvalue weighted by atomic mass is 35.5. The van der Waals surface area contributed by atoms with Gasteiger partial charge in [-0.15, -0.1) is 11.3 Å². The average molecular weight is 404 g/mol. The Morgan fingerprint density at radius 3 is 2.93 bits per heavy atom. The lowest BCUT2D eigenvalue weighted by atomic mass is 10.1. The van der Waals surface area contributed by atoms with E-state index < -0.39 is 0 Å². The number of aromatic nitrogens is 4. The monoisotopic (exact) mass is 403 g/mol. The SMILES string of the molecule is Cc1nn2c(N)c(C#N)c(NCCc3nc(C4(CO)CC4)cs3)nc2c1Cl. The van der Waals surface area contributed by atoms with E-state index in [0.717, 1.165) is 23.5 Å². The lowest BCUT2D eigenvalue weighted by Crippen LogP contribution is -2.13. The van der Waals surface area contributed by atoms with Crippen LogP contribution in [0.25, 0.3) is 5.65 Å². The highest BCUT2D eigenvalue weighted by molar-refractivity contribution is 7.09. The molecule has 1 aliphatic carbocycles. The van der Waals surface area contributed by atoms with E-state index >= 15 is 0 Å². The van der Waals surface area contributed by atoms with Gasteiger partial charge in [-0.3, -0.25) is 0 Å². The number of hydrogen-bond acceptors (Lipinski definition) is 8. The lowest BCUT2D eigenvalue weighted by molar-refractivity contribution is 0.253. The summed E-state index contributed by atoms with van der Waals surface area (Å²) in [5, 5.41) is 29.8. The zero-order valence-corrected chi connectivity index (χ0v) is 16.2. The molecule has 10 heteroatoms. The maximum Gasteiger partial charge on any atom is 0.178 e. The molecular weight excluding hydrogens is 386 g/mol. The summed E-state index contributed by atoms with van der Waals surface area (Å²) in [6.45, 7) is 2.45. The zero-order chi connectivity index (χ0) is 19.2. The van der Waals surface area contributed by atoms with Crippen LogP contribution in [0.1, 0.15) is 34.8 Å². The van der Waals surface area contributed by atoms with Gasteiger partial charge in [0.1, 0.15) is 28.3 Å². The average Bonchev–Trinajstić information content (AvgIpc) is 3.23. The molecule has 8 nitrogen and oxygen atoms in total. The van der Waals surface area contributed by atoms with Crippen molar-refractivity contribution < 1.29 is 5.11 Å². The molecule has 140 valence electrons. The molecular formula is C17H18ClN7OS. The van der Waals surface area contributed by atoms with Gasteiger partial charge in [-0.25, -0.2) is 9.97 Å². The van der Waals surface area contributed by atoms with Crippen LogP contribution in [-0.4, -0.2) is 37.8 Å². The molecule has 4 N–H and O–H groups in total. The Hall–Kier alpha value is -2.41. The number of nitrogens with two attached hydrogens (primary N) is 1. The first-order valence-electron chi connectivity index (χ1n) is 8.53. The van der Waals surface area contributed by atoms with Gasteiger partial charge in [0.05, 0.1) is 23.0 Å². The van der Waals surface area contributed by atoms with Gasteiger partial charge < -0.3 is 16.2 Å². The number of fused-ring (bicyclic) bond motifs is 1. The van der Waals surface area contributed by atoms with Crippen LogP contribution in [0.3, 0.4) is 0 Å². The van der Waals surface area contributed by atoms with Gasteiger partial charge in [0, 0.05) is 23.8 Å². The normalized spacial score (nSPS) is 15.0. The quantitative estimate of drug-likeness (QED) is 0.576. The number of nitrogens with zero attached hydrogens (tertiary/aromatic N) is 5. The summed E-state index contributed by atoms with van der Waals surface area (Å²) in [4.78, 5) is 9.08. The molecule has 0 amide bonds. The largest absolute Gasteiger partial charge is 0.395 e. The fraction of sp³-hybridized carbons (Fsp3) is 0.412. The lowest BCUT2D eigenvalue weighted by Gasteiger charge is -2.10. The fourth-order valence-corrected chi connectivity index (χ4v) is 4.07. The third kappa shape index (κ3) is 3.00. The van der Waals surface area contributed by atoms with E-state index in [1.165, 1.54) is 4.52 Å². The second kappa shape index (κ2) is 6.64. The number of rotatable bonds is 6. The third-order valence-electron chi connectivity index (χ3n) is 4.90. The molecule has 27 heavy (non-hydrogen) atoms. The molecule has 0 unspecified atom stereocenters. The molecule has 0 bridgehead atoms. The third-order valence-corrected chi connectivity index (χ3v) is 6.25.